The average Bonchev–Trinajstić information content (AvgIpc) is 2.71. The van der Waals surface area contributed by atoms with Gasteiger partial charge in [-0.2, -0.15) is 4.98 Å². The third-order valence-corrected chi connectivity index (χ3v) is 4.03. The van der Waals surface area contributed by atoms with E-state index in [1.165, 1.54) is 19.3 Å². The molecule has 1 aliphatic rings. The Kier molecular flexibility index (Phi) is 3.69. The van der Waals surface area contributed by atoms with E-state index >= 15 is 0 Å². The molecule has 0 saturated carbocycles. The van der Waals surface area contributed by atoms with Crippen LogP contribution in [0.25, 0.3) is 10.9 Å². The van der Waals surface area contributed by atoms with Gasteiger partial charge in [-0.25, -0.2) is 10.8 Å². The first-order chi connectivity index (χ1) is 9.78. The zero-order valence-corrected chi connectivity index (χ0v) is 11.8. The maximum atomic E-state index is 5.50. The van der Waals surface area contributed by atoms with Crippen molar-refractivity contribution in [2.45, 2.75) is 26.2 Å². The molecule has 2 heterocycles. The van der Waals surface area contributed by atoms with Crippen LogP contribution in [-0.2, 0) is 0 Å². The molecule has 0 bridgehead atoms. The summed E-state index contributed by atoms with van der Waals surface area (Å²) >= 11 is 0. The third kappa shape index (κ3) is 2.54. The molecule has 5 heteroatoms. The largest absolute Gasteiger partial charge is 0.356 e. The lowest BCUT2D eigenvalue weighted by molar-refractivity contribution is 0.521. The van der Waals surface area contributed by atoms with E-state index in [1.54, 1.807) is 0 Å². The van der Waals surface area contributed by atoms with E-state index in [1.807, 2.05) is 18.2 Å². The van der Waals surface area contributed by atoms with E-state index in [2.05, 4.69) is 33.3 Å². The van der Waals surface area contributed by atoms with Crippen LogP contribution < -0.4 is 16.2 Å². The van der Waals surface area contributed by atoms with Crippen molar-refractivity contribution in [2.24, 2.45) is 11.8 Å². The maximum Gasteiger partial charge on any atom is 0.239 e. The topological polar surface area (TPSA) is 67.1 Å². The van der Waals surface area contributed by atoms with Gasteiger partial charge >= 0.3 is 0 Å². The summed E-state index contributed by atoms with van der Waals surface area (Å²) in [5.41, 5.74) is 3.51. The quantitative estimate of drug-likeness (QED) is 0.649. The SMILES string of the molecule is CC1CCCN(c2nc(NN)nc3ccccc23)CC1. The van der Waals surface area contributed by atoms with Crippen molar-refractivity contribution in [1.29, 1.82) is 0 Å². The number of aromatic nitrogens is 2. The van der Waals surface area contributed by atoms with Crippen LogP contribution in [0, 0.1) is 5.92 Å². The van der Waals surface area contributed by atoms with Crippen LogP contribution in [0.4, 0.5) is 11.8 Å². The molecule has 0 spiro atoms. The molecule has 0 aliphatic carbocycles. The zero-order valence-electron chi connectivity index (χ0n) is 11.8. The number of para-hydroxylation sites is 1. The Morgan fingerprint density at radius 1 is 1.20 bits per heavy atom. The van der Waals surface area contributed by atoms with Gasteiger partial charge in [-0.05, 0) is 37.3 Å². The summed E-state index contributed by atoms with van der Waals surface area (Å²) in [4.78, 5) is 11.4. The minimum atomic E-state index is 0.482. The van der Waals surface area contributed by atoms with Gasteiger partial charge in [0.15, 0.2) is 0 Å². The van der Waals surface area contributed by atoms with Gasteiger partial charge < -0.3 is 4.90 Å². The first kappa shape index (κ1) is 13.1. The van der Waals surface area contributed by atoms with Gasteiger partial charge in [0.2, 0.25) is 5.95 Å². The van der Waals surface area contributed by atoms with Crippen LogP contribution in [0.5, 0.6) is 0 Å². The number of hydrogen-bond acceptors (Lipinski definition) is 5. The highest BCUT2D eigenvalue weighted by molar-refractivity contribution is 5.90. The molecule has 1 fully saturated rings. The summed E-state index contributed by atoms with van der Waals surface area (Å²) in [6, 6.07) is 8.11. The lowest BCUT2D eigenvalue weighted by atomic mass is 10.0. The van der Waals surface area contributed by atoms with Crippen molar-refractivity contribution in [1.82, 2.24) is 9.97 Å². The summed E-state index contributed by atoms with van der Waals surface area (Å²) in [7, 11) is 0. The number of nitrogens with zero attached hydrogens (tertiary/aromatic N) is 3. The number of fused-ring (bicyclic) bond motifs is 1. The van der Waals surface area contributed by atoms with E-state index in [9.17, 15) is 0 Å². The van der Waals surface area contributed by atoms with E-state index < -0.39 is 0 Å². The normalized spacial score (nSPS) is 19.9. The number of benzene rings is 1. The molecule has 5 nitrogen and oxygen atoms in total. The predicted octanol–water partition coefficient (Wildman–Crippen LogP) is 2.54. The summed E-state index contributed by atoms with van der Waals surface area (Å²) < 4.78 is 0. The minimum Gasteiger partial charge on any atom is -0.356 e. The molecular formula is C15H21N5. The Bertz CT molecular complexity index is 598. The highest BCUT2D eigenvalue weighted by atomic mass is 15.3. The summed E-state index contributed by atoms with van der Waals surface area (Å²) in [6.45, 7) is 4.43. The number of nitrogen functional groups attached to an aromatic ring is 1. The number of nitrogens with one attached hydrogen (secondary N) is 1. The Labute approximate surface area is 119 Å². The van der Waals surface area contributed by atoms with Gasteiger partial charge in [0.25, 0.3) is 0 Å². The second kappa shape index (κ2) is 5.63. The van der Waals surface area contributed by atoms with Gasteiger partial charge in [-0.3, -0.25) is 5.43 Å². The Balaban J connectivity index is 2.04. The fraction of sp³-hybridized carbons (Fsp3) is 0.467. The minimum absolute atomic E-state index is 0.482. The lowest BCUT2D eigenvalue weighted by Crippen LogP contribution is -2.26. The molecule has 1 saturated heterocycles. The first-order valence-corrected chi connectivity index (χ1v) is 7.26. The second-order valence-electron chi connectivity index (χ2n) is 5.56. The van der Waals surface area contributed by atoms with Gasteiger partial charge in [0.05, 0.1) is 5.52 Å². The van der Waals surface area contributed by atoms with Crippen LogP contribution in [0.2, 0.25) is 0 Å². The fourth-order valence-corrected chi connectivity index (χ4v) is 2.84. The Morgan fingerprint density at radius 2 is 2.05 bits per heavy atom. The van der Waals surface area contributed by atoms with E-state index in [0.29, 0.717) is 5.95 Å². The molecule has 106 valence electrons. The van der Waals surface area contributed by atoms with Crippen molar-refractivity contribution in [3.05, 3.63) is 24.3 Å². The Hall–Kier alpha value is -1.88. The second-order valence-corrected chi connectivity index (χ2v) is 5.56. The molecule has 3 rings (SSSR count). The molecule has 20 heavy (non-hydrogen) atoms. The van der Waals surface area contributed by atoms with Crippen molar-refractivity contribution in [2.75, 3.05) is 23.4 Å². The molecule has 1 aromatic carbocycles. The van der Waals surface area contributed by atoms with Gasteiger partial charge in [-0.15, -0.1) is 0 Å². The van der Waals surface area contributed by atoms with Crippen LogP contribution >= 0.6 is 0 Å². The smallest absolute Gasteiger partial charge is 0.239 e. The average molecular weight is 271 g/mol. The number of rotatable bonds is 2. The van der Waals surface area contributed by atoms with Crippen molar-refractivity contribution < 1.29 is 0 Å². The summed E-state index contributed by atoms with van der Waals surface area (Å²) in [5, 5.41) is 1.10. The maximum absolute atomic E-state index is 5.50. The summed E-state index contributed by atoms with van der Waals surface area (Å²) in [5.74, 6) is 7.77. The van der Waals surface area contributed by atoms with Crippen molar-refractivity contribution in [3.8, 4) is 0 Å². The number of anilines is 2. The van der Waals surface area contributed by atoms with E-state index in [-0.39, 0.29) is 0 Å². The third-order valence-electron chi connectivity index (χ3n) is 4.03. The lowest BCUT2D eigenvalue weighted by Gasteiger charge is -2.23. The van der Waals surface area contributed by atoms with Crippen LogP contribution in [0.15, 0.2) is 24.3 Å². The van der Waals surface area contributed by atoms with Crippen LogP contribution in [0.1, 0.15) is 26.2 Å². The van der Waals surface area contributed by atoms with Gasteiger partial charge in [0.1, 0.15) is 5.82 Å². The van der Waals surface area contributed by atoms with Crippen LogP contribution in [-0.4, -0.2) is 23.1 Å². The molecule has 0 radical (unpaired) electrons. The Morgan fingerprint density at radius 3 is 2.90 bits per heavy atom. The number of hydrazine groups is 1. The molecule has 1 atom stereocenters. The first-order valence-electron chi connectivity index (χ1n) is 7.26. The van der Waals surface area contributed by atoms with Crippen LogP contribution in [0.3, 0.4) is 0 Å². The van der Waals surface area contributed by atoms with E-state index in [0.717, 1.165) is 35.7 Å². The molecule has 1 aliphatic heterocycles. The molecule has 1 aromatic heterocycles. The molecular weight excluding hydrogens is 250 g/mol. The van der Waals surface area contributed by atoms with Gasteiger partial charge in [-0.1, -0.05) is 19.1 Å². The van der Waals surface area contributed by atoms with Crippen molar-refractivity contribution in [3.63, 3.8) is 0 Å². The van der Waals surface area contributed by atoms with Gasteiger partial charge in [0, 0.05) is 18.5 Å². The molecule has 3 N–H and O–H groups in total. The number of hydrogen-bond donors (Lipinski definition) is 2. The number of nitrogens with two attached hydrogens (primary N) is 1. The monoisotopic (exact) mass is 271 g/mol. The molecule has 1 unspecified atom stereocenters. The molecule has 2 aromatic rings. The standard InChI is InChI=1S/C15H21N5/c1-11-5-4-9-20(10-8-11)14-12-6-2-3-7-13(12)17-15(18-14)19-16/h2-3,6-7,11H,4-5,8-10,16H2,1H3,(H,17,18,19). The summed E-state index contributed by atoms with van der Waals surface area (Å²) in [6.07, 6.45) is 3.72. The fourth-order valence-electron chi connectivity index (χ4n) is 2.84. The predicted molar refractivity (Wildman–Crippen MR) is 82.6 cm³/mol. The molecule has 0 amide bonds. The highest BCUT2D eigenvalue weighted by Crippen LogP contribution is 2.28. The van der Waals surface area contributed by atoms with Crippen molar-refractivity contribution >= 4 is 22.7 Å². The van der Waals surface area contributed by atoms with E-state index in [4.69, 9.17) is 5.84 Å². The highest BCUT2D eigenvalue weighted by Gasteiger charge is 2.18. The zero-order chi connectivity index (χ0) is 13.9.